The van der Waals surface area contributed by atoms with Crippen molar-refractivity contribution in [1.82, 2.24) is 0 Å². The monoisotopic (exact) mass is 400 g/mol. The molecule has 0 amide bonds. The topological polar surface area (TPSA) is 54.4 Å². The maximum atomic E-state index is 13.8. The second-order valence-corrected chi connectivity index (χ2v) is 11.3. The first-order valence-electron chi connectivity index (χ1n) is 12.1. The molecule has 1 N–H and O–H groups in total. The van der Waals surface area contributed by atoms with E-state index < -0.39 is 0 Å². The molecule has 4 aliphatic rings. The number of hydrogen-bond acceptors (Lipinski definition) is 3. The highest BCUT2D eigenvalue weighted by atomic mass is 16.3. The van der Waals surface area contributed by atoms with Crippen molar-refractivity contribution < 1.29 is 14.7 Å². The van der Waals surface area contributed by atoms with Crippen molar-refractivity contribution in [2.45, 2.75) is 91.6 Å². The van der Waals surface area contributed by atoms with E-state index in [0.717, 1.165) is 44.0 Å². The van der Waals surface area contributed by atoms with Gasteiger partial charge in [0.1, 0.15) is 6.29 Å². The molecule has 4 rings (SSSR count). The van der Waals surface area contributed by atoms with Crippen LogP contribution in [0.15, 0.2) is 11.6 Å². The highest BCUT2D eigenvalue weighted by Crippen LogP contribution is 2.68. The second kappa shape index (κ2) is 7.62. The number of allylic oxidation sites excluding steroid dienone is 2. The number of hydrogen-bond donors (Lipinski definition) is 1. The summed E-state index contributed by atoms with van der Waals surface area (Å²) in [7, 11) is 0. The molecule has 5 unspecified atom stereocenters. The Morgan fingerprint density at radius 2 is 1.79 bits per heavy atom. The molecular formula is C26H40O3. The number of carbonyl (C=O) groups is 2. The summed E-state index contributed by atoms with van der Waals surface area (Å²) in [6, 6.07) is 0. The van der Waals surface area contributed by atoms with Gasteiger partial charge in [-0.2, -0.15) is 0 Å². The summed E-state index contributed by atoms with van der Waals surface area (Å²) in [5.74, 6) is 2.95. The molecule has 9 atom stereocenters. The van der Waals surface area contributed by atoms with Crippen molar-refractivity contribution in [2.75, 3.05) is 0 Å². The van der Waals surface area contributed by atoms with E-state index in [2.05, 4.69) is 26.8 Å². The lowest BCUT2D eigenvalue weighted by Gasteiger charge is -2.61. The minimum atomic E-state index is -0.254. The fraction of sp³-hybridized carbons (Fsp3) is 0.846. The van der Waals surface area contributed by atoms with E-state index in [4.69, 9.17) is 0 Å². The molecule has 0 aromatic carbocycles. The van der Waals surface area contributed by atoms with Crippen LogP contribution in [0.2, 0.25) is 0 Å². The average molecular weight is 401 g/mol. The lowest BCUT2D eigenvalue weighted by atomic mass is 9.43. The van der Waals surface area contributed by atoms with Crippen LogP contribution in [0.1, 0.15) is 85.5 Å². The summed E-state index contributed by atoms with van der Waals surface area (Å²) in [4.78, 5) is 24.7. The number of Topliss-reactive ketones (excluding diaryl/α,β-unsaturated/α-hetero) is 1. The Bertz CT molecular complexity index is 696. The van der Waals surface area contributed by atoms with Crippen LogP contribution in [0.5, 0.6) is 0 Å². The zero-order valence-electron chi connectivity index (χ0n) is 18.8. The summed E-state index contributed by atoms with van der Waals surface area (Å²) in [5, 5.41) is 10.4. The first-order valence-corrected chi connectivity index (χ1v) is 12.1. The Labute approximate surface area is 176 Å². The normalized spacial score (nSPS) is 49.3. The maximum Gasteiger partial charge on any atom is 0.162 e. The number of aliphatic hydroxyl groups is 1. The first-order chi connectivity index (χ1) is 13.8. The van der Waals surface area contributed by atoms with Gasteiger partial charge in [0, 0.05) is 12.3 Å². The minimum Gasteiger partial charge on any atom is -0.393 e. The van der Waals surface area contributed by atoms with Crippen molar-refractivity contribution in [3.63, 3.8) is 0 Å². The van der Waals surface area contributed by atoms with Crippen LogP contribution >= 0.6 is 0 Å². The van der Waals surface area contributed by atoms with Crippen molar-refractivity contribution >= 4 is 12.1 Å². The van der Waals surface area contributed by atoms with E-state index in [1.165, 1.54) is 19.3 Å². The quantitative estimate of drug-likeness (QED) is 0.511. The molecule has 4 aliphatic carbocycles. The number of rotatable bonds is 4. The van der Waals surface area contributed by atoms with E-state index in [9.17, 15) is 14.7 Å². The largest absolute Gasteiger partial charge is 0.393 e. The van der Waals surface area contributed by atoms with Crippen LogP contribution in [0.25, 0.3) is 0 Å². The van der Waals surface area contributed by atoms with Gasteiger partial charge in [-0.3, -0.25) is 4.79 Å². The molecule has 0 bridgehead atoms. The van der Waals surface area contributed by atoms with Gasteiger partial charge in [-0.25, -0.2) is 0 Å². The number of fused-ring (bicyclic) bond motifs is 5. The Morgan fingerprint density at radius 3 is 2.48 bits per heavy atom. The summed E-state index contributed by atoms with van der Waals surface area (Å²) >= 11 is 0. The predicted octanol–water partition coefficient (Wildman–Crippen LogP) is 5.36. The maximum absolute atomic E-state index is 13.8. The summed E-state index contributed by atoms with van der Waals surface area (Å²) < 4.78 is 0. The van der Waals surface area contributed by atoms with E-state index in [1.807, 2.05) is 6.92 Å². The van der Waals surface area contributed by atoms with Gasteiger partial charge in [0.25, 0.3) is 0 Å². The van der Waals surface area contributed by atoms with Crippen LogP contribution < -0.4 is 0 Å². The number of aldehydes is 1. The number of ketones is 1. The van der Waals surface area contributed by atoms with Crippen LogP contribution in [0, 0.1) is 46.3 Å². The van der Waals surface area contributed by atoms with E-state index in [0.29, 0.717) is 35.9 Å². The molecule has 0 aromatic heterocycles. The van der Waals surface area contributed by atoms with Crippen molar-refractivity contribution in [2.24, 2.45) is 46.3 Å². The molecule has 0 aromatic rings. The molecule has 3 nitrogen and oxygen atoms in total. The molecule has 4 saturated carbocycles. The highest BCUT2D eigenvalue weighted by Gasteiger charge is 2.64. The predicted molar refractivity (Wildman–Crippen MR) is 115 cm³/mol. The molecule has 0 radical (unpaired) electrons. The zero-order valence-corrected chi connectivity index (χ0v) is 18.8. The molecule has 3 heteroatoms. The molecule has 4 fully saturated rings. The summed E-state index contributed by atoms with van der Waals surface area (Å²) in [6.07, 6.45) is 12.0. The van der Waals surface area contributed by atoms with Gasteiger partial charge in [-0.1, -0.05) is 26.8 Å². The Morgan fingerprint density at radius 1 is 1.10 bits per heavy atom. The van der Waals surface area contributed by atoms with Crippen molar-refractivity contribution in [3.8, 4) is 0 Å². The Balaban J connectivity index is 1.67. The molecule has 162 valence electrons. The summed E-state index contributed by atoms with van der Waals surface area (Å²) in [6.45, 7) is 9.24. The van der Waals surface area contributed by atoms with Crippen molar-refractivity contribution in [3.05, 3.63) is 11.6 Å². The number of carbonyl (C=O) groups excluding carboxylic acids is 2. The standard InChI is InChI=1S/C26H40O3/c1-5-18-22-15-17(28)10-12-26(22,4)21-11-13-25(3)19(16(2)7-6-14-27)8-9-20(25)23(21)24(18)29/h5,14,16-17,19-23,28H,6-13,15H2,1-4H3/t16-,17-,19?,20?,21?,22?,23?,25-,26-/m1/s1. The Hall–Kier alpha value is -0.960. The van der Waals surface area contributed by atoms with Crippen LogP contribution in [-0.2, 0) is 9.59 Å². The fourth-order valence-corrected chi connectivity index (χ4v) is 8.70. The molecule has 29 heavy (non-hydrogen) atoms. The van der Waals surface area contributed by atoms with Gasteiger partial charge in [0.15, 0.2) is 5.78 Å². The first kappa shape index (κ1) is 21.3. The molecule has 0 heterocycles. The van der Waals surface area contributed by atoms with Gasteiger partial charge in [0.2, 0.25) is 0 Å². The van der Waals surface area contributed by atoms with Gasteiger partial charge in [-0.15, -0.1) is 0 Å². The fourth-order valence-electron chi connectivity index (χ4n) is 8.70. The van der Waals surface area contributed by atoms with E-state index in [-0.39, 0.29) is 28.8 Å². The third-order valence-electron chi connectivity index (χ3n) is 10.2. The third kappa shape index (κ3) is 3.09. The molecule has 0 saturated heterocycles. The van der Waals surface area contributed by atoms with Gasteiger partial charge < -0.3 is 9.90 Å². The van der Waals surface area contributed by atoms with Crippen LogP contribution in [0.3, 0.4) is 0 Å². The van der Waals surface area contributed by atoms with Crippen LogP contribution in [-0.4, -0.2) is 23.3 Å². The van der Waals surface area contributed by atoms with E-state index >= 15 is 0 Å². The van der Waals surface area contributed by atoms with Crippen molar-refractivity contribution in [1.29, 1.82) is 0 Å². The SMILES string of the molecule is CC=C1C(=O)C2C(CC[C@@]3(C)C2CCC3[C@H](C)CCC=O)[C@@]2(C)CC[C@@H](O)CC12. The van der Waals surface area contributed by atoms with Gasteiger partial charge >= 0.3 is 0 Å². The van der Waals surface area contributed by atoms with Gasteiger partial charge in [0.05, 0.1) is 6.10 Å². The second-order valence-electron chi connectivity index (χ2n) is 11.3. The lowest BCUT2D eigenvalue weighted by molar-refractivity contribution is -0.150. The Kier molecular flexibility index (Phi) is 5.59. The van der Waals surface area contributed by atoms with E-state index in [1.54, 1.807) is 0 Å². The molecule has 0 aliphatic heterocycles. The lowest BCUT2D eigenvalue weighted by Crippen LogP contribution is -2.58. The zero-order chi connectivity index (χ0) is 21.0. The summed E-state index contributed by atoms with van der Waals surface area (Å²) in [5.41, 5.74) is 1.41. The molecule has 0 spiro atoms. The smallest absolute Gasteiger partial charge is 0.162 e. The highest BCUT2D eigenvalue weighted by molar-refractivity contribution is 5.99. The van der Waals surface area contributed by atoms with Gasteiger partial charge in [-0.05, 0) is 104 Å². The number of aliphatic hydroxyl groups excluding tert-OH is 1. The minimum absolute atomic E-state index is 0.155. The molecular weight excluding hydrogens is 360 g/mol. The average Bonchev–Trinajstić information content (AvgIpc) is 3.05. The third-order valence-corrected chi connectivity index (χ3v) is 10.2. The van der Waals surface area contributed by atoms with Crippen LogP contribution in [0.4, 0.5) is 0 Å².